The summed E-state index contributed by atoms with van der Waals surface area (Å²) in [6.45, 7) is 0.774. The van der Waals surface area contributed by atoms with Crippen LogP contribution in [0.15, 0.2) is 12.2 Å². The topological polar surface area (TPSA) is 52.6 Å². The first-order chi connectivity index (χ1) is 6.24. The number of ketones is 2. The first-order valence-electron chi connectivity index (χ1n) is 4.09. The van der Waals surface area contributed by atoms with Gasteiger partial charge in [-0.2, -0.15) is 0 Å². The van der Waals surface area contributed by atoms with Gasteiger partial charge in [-0.1, -0.05) is 0 Å². The van der Waals surface area contributed by atoms with Crippen molar-refractivity contribution >= 4 is 11.6 Å². The van der Waals surface area contributed by atoms with Crippen LogP contribution in [-0.2, 0) is 19.1 Å². The number of carbonyl (C=O) groups is 2. The Bertz CT molecular complexity index is 232. The van der Waals surface area contributed by atoms with Crippen molar-refractivity contribution in [1.29, 1.82) is 0 Å². The molecule has 0 amide bonds. The molecule has 1 aliphatic rings. The first kappa shape index (κ1) is 10.1. The van der Waals surface area contributed by atoms with Gasteiger partial charge in [-0.3, -0.25) is 9.59 Å². The van der Waals surface area contributed by atoms with Crippen LogP contribution in [0.2, 0.25) is 0 Å². The van der Waals surface area contributed by atoms with E-state index >= 15 is 0 Å². The smallest absolute Gasteiger partial charge is 0.184 e. The average Bonchev–Trinajstić information content (AvgIpc) is 2.11. The maximum atomic E-state index is 11.1. The highest BCUT2D eigenvalue weighted by molar-refractivity contribution is 6.07. The molecule has 0 aromatic carbocycles. The van der Waals surface area contributed by atoms with Crippen LogP contribution in [0.1, 0.15) is 6.42 Å². The minimum absolute atomic E-state index is 0.0676. The third-order valence-electron chi connectivity index (χ3n) is 1.74. The summed E-state index contributed by atoms with van der Waals surface area (Å²) >= 11 is 0. The van der Waals surface area contributed by atoms with Crippen molar-refractivity contribution in [3.05, 3.63) is 12.2 Å². The second-order valence-corrected chi connectivity index (χ2v) is 2.76. The monoisotopic (exact) mass is 184 g/mol. The van der Waals surface area contributed by atoms with Crippen molar-refractivity contribution < 1.29 is 19.1 Å². The molecule has 0 radical (unpaired) electrons. The molecule has 0 aromatic rings. The van der Waals surface area contributed by atoms with Crippen molar-refractivity contribution in [2.45, 2.75) is 12.5 Å². The number of carbonyl (C=O) groups excluding carboxylic acids is 2. The molecule has 1 atom stereocenters. The molecule has 0 fully saturated rings. The standard InChI is InChI=1S/C9H12O4/c1-12-4-5-13-9-6-7(10)2-3-8(9)11/h2-3,9H,4-6H2,1H3. The lowest BCUT2D eigenvalue weighted by Crippen LogP contribution is -2.29. The summed E-state index contributed by atoms with van der Waals surface area (Å²) in [5.74, 6) is -0.210. The highest BCUT2D eigenvalue weighted by Gasteiger charge is 2.23. The molecular formula is C9H12O4. The molecule has 1 aliphatic carbocycles. The average molecular weight is 184 g/mol. The predicted molar refractivity (Wildman–Crippen MR) is 45.4 cm³/mol. The molecule has 0 spiro atoms. The Hall–Kier alpha value is -1.00. The van der Waals surface area contributed by atoms with Gasteiger partial charge < -0.3 is 9.47 Å². The first-order valence-corrected chi connectivity index (χ1v) is 4.09. The second-order valence-electron chi connectivity index (χ2n) is 2.76. The maximum Gasteiger partial charge on any atom is 0.184 e. The van der Waals surface area contributed by atoms with Crippen molar-refractivity contribution in [1.82, 2.24) is 0 Å². The van der Waals surface area contributed by atoms with Gasteiger partial charge in [0.2, 0.25) is 0 Å². The fourth-order valence-electron chi connectivity index (χ4n) is 1.05. The van der Waals surface area contributed by atoms with E-state index in [0.29, 0.717) is 13.2 Å². The molecule has 4 heteroatoms. The molecule has 4 nitrogen and oxygen atoms in total. The van der Waals surface area contributed by atoms with E-state index in [4.69, 9.17) is 9.47 Å². The van der Waals surface area contributed by atoms with Gasteiger partial charge in [0.15, 0.2) is 11.6 Å². The van der Waals surface area contributed by atoms with Crippen LogP contribution >= 0.6 is 0 Å². The number of hydrogen-bond acceptors (Lipinski definition) is 4. The van der Waals surface area contributed by atoms with Crippen molar-refractivity contribution in [3.63, 3.8) is 0 Å². The lowest BCUT2D eigenvalue weighted by molar-refractivity contribution is -0.132. The summed E-state index contributed by atoms with van der Waals surface area (Å²) in [6, 6.07) is 0. The predicted octanol–water partition coefficient (Wildman–Crippen LogP) is 0.116. The van der Waals surface area contributed by atoms with Crippen molar-refractivity contribution in [2.75, 3.05) is 20.3 Å². The van der Waals surface area contributed by atoms with E-state index in [1.165, 1.54) is 12.2 Å². The Labute approximate surface area is 76.5 Å². The lowest BCUT2D eigenvalue weighted by Gasteiger charge is -2.15. The quantitative estimate of drug-likeness (QED) is 0.582. The highest BCUT2D eigenvalue weighted by Crippen LogP contribution is 2.08. The molecular weight excluding hydrogens is 172 g/mol. The largest absolute Gasteiger partial charge is 0.382 e. The molecule has 0 saturated heterocycles. The molecule has 13 heavy (non-hydrogen) atoms. The highest BCUT2D eigenvalue weighted by atomic mass is 16.5. The van der Waals surface area contributed by atoms with E-state index in [0.717, 1.165) is 0 Å². The Morgan fingerprint density at radius 2 is 2.15 bits per heavy atom. The van der Waals surface area contributed by atoms with Crippen LogP contribution in [-0.4, -0.2) is 38.0 Å². The molecule has 0 saturated carbocycles. The minimum Gasteiger partial charge on any atom is -0.382 e. The van der Waals surface area contributed by atoms with Crippen molar-refractivity contribution in [2.24, 2.45) is 0 Å². The minimum atomic E-state index is -0.604. The van der Waals surface area contributed by atoms with Crippen LogP contribution in [0.25, 0.3) is 0 Å². The maximum absolute atomic E-state index is 11.1. The molecule has 1 unspecified atom stereocenters. The lowest BCUT2D eigenvalue weighted by atomic mass is 10.0. The third kappa shape index (κ3) is 3.08. The van der Waals surface area contributed by atoms with E-state index in [1.807, 2.05) is 0 Å². The van der Waals surface area contributed by atoms with Gasteiger partial charge in [0.1, 0.15) is 6.10 Å². The fourth-order valence-corrected chi connectivity index (χ4v) is 1.05. The summed E-state index contributed by atoms with van der Waals surface area (Å²) in [6.07, 6.45) is 2.11. The normalized spacial score (nSPS) is 22.4. The summed E-state index contributed by atoms with van der Waals surface area (Å²) in [7, 11) is 1.55. The van der Waals surface area contributed by atoms with Crippen LogP contribution in [0.4, 0.5) is 0 Å². The fraction of sp³-hybridized carbons (Fsp3) is 0.556. The zero-order valence-corrected chi connectivity index (χ0v) is 7.49. The zero-order valence-electron chi connectivity index (χ0n) is 7.49. The summed E-state index contributed by atoms with van der Waals surface area (Å²) in [5.41, 5.74) is 0. The summed E-state index contributed by atoms with van der Waals surface area (Å²) < 4.78 is 9.92. The Balaban J connectivity index is 2.37. The number of ether oxygens (including phenoxy) is 2. The molecule has 0 aromatic heterocycles. The van der Waals surface area contributed by atoms with Gasteiger partial charge in [-0.15, -0.1) is 0 Å². The van der Waals surface area contributed by atoms with Crippen LogP contribution in [0.3, 0.4) is 0 Å². The molecule has 1 rings (SSSR count). The molecule has 0 heterocycles. The van der Waals surface area contributed by atoms with Gasteiger partial charge in [0.25, 0.3) is 0 Å². The number of methoxy groups -OCH3 is 1. The van der Waals surface area contributed by atoms with E-state index in [9.17, 15) is 9.59 Å². The zero-order chi connectivity index (χ0) is 9.68. The van der Waals surface area contributed by atoms with Gasteiger partial charge in [0, 0.05) is 13.5 Å². The van der Waals surface area contributed by atoms with Crippen LogP contribution < -0.4 is 0 Å². The summed E-state index contributed by atoms with van der Waals surface area (Å²) in [4.78, 5) is 22.0. The van der Waals surface area contributed by atoms with E-state index in [2.05, 4.69) is 0 Å². The number of rotatable bonds is 4. The van der Waals surface area contributed by atoms with E-state index < -0.39 is 6.10 Å². The Morgan fingerprint density at radius 3 is 2.85 bits per heavy atom. The van der Waals surface area contributed by atoms with Crippen LogP contribution in [0.5, 0.6) is 0 Å². The van der Waals surface area contributed by atoms with Gasteiger partial charge in [-0.25, -0.2) is 0 Å². The molecule has 72 valence electrons. The van der Waals surface area contributed by atoms with E-state index in [-0.39, 0.29) is 18.0 Å². The van der Waals surface area contributed by atoms with Gasteiger partial charge in [0.05, 0.1) is 13.2 Å². The number of allylic oxidation sites excluding steroid dienone is 1. The Kier molecular flexibility index (Phi) is 3.79. The molecule has 0 bridgehead atoms. The van der Waals surface area contributed by atoms with Gasteiger partial charge in [-0.05, 0) is 12.2 Å². The molecule has 0 N–H and O–H groups in total. The second kappa shape index (κ2) is 4.89. The SMILES string of the molecule is COCCOC1CC(=O)C=CC1=O. The van der Waals surface area contributed by atoms with Crippen LogP contribution in [0, 0.1) is 0 Å². The summed E-state index contributed by atoms with van der Waals surface area (Å²) in [5, 5.41) is 0. The van der Waals surface area contributed by atoms with Gasteiger partial charge >= 0.3 is 0 Å². The Morgan fingerprint density at radius 1 is 1.38 bits per heavy atom. The van der Waals surface area contributed by atoms with Crippen molar-refractivity contribution in [3.8, 4) is 0 Å². The number of hydrogen-bond donors (Lipinski definition) is 0. The molecule has 0 aliphatic heterocycles. The third-order valence-corrected chi connectivity index (χ3v) is 1.74. The van der Waals surface area contributed by atoms with E-state index in [1.54, 1.807) is 7.11 Å².